The summed E-state index contributed by atoms with van der Waals surface area (Å²) in [5.74, 6) is 3.55. The molecule has 76 valence electrons. The maximum absolute atomic E-state index is 5.53. The van der Waals surface area contributed by atoms with Crippen molar-refractivity contribution in [1.82, 2.24) is 5.32 Å². The van der Waals surface area contributed by atoms with Gasteiger partial charge < -0.3 is 11.1 Å². The Kier molecular flexibility index (Phi) is 3.82. The van der Waals surface area contributed by atoms with Crippen LogP contribution in [-0.4, -0.2) is 19.6 Å². The first-order chi connectivity index (χ1) is 5.81. The van der Waals surface area contributed by atoms with Gasteiger partial charge in [-0.3, -0.25) is 4.99 Å². The number of nitrogens with two attached hydrogens (primary N) is 1. The highest BCUT2D eigenvalue weighted by Gasteiger charge is 2.46. The van der Waals surface area contributed by atoms with Crippen LogP contribution in [-0.2, 0) is 0 Å². The van der Waals surface area contributed by atoms with Gasteiger partial charge in [0.2, 0.25) is 0 Å². The molecule has 0 aromatic heterocycles. The molecule has 0 heterocycles. The predicted octanol–water partition coefficient (Wildman–Crippen LogP) is 1.18. The Morgan fingerprint density at radius 1 is 1.54 bits per heavy atom. The van der Waals surface area contributed by atoms with E-state index in [-0.39, 0.29) is 24.0 Å². The molecule has 3 nitrogen and oxygen atoms in total. The topological polar surface area (TPSA) is 50.4 Å². The van der Waals surface area contributed by atoms with Crippen LogP contribution < -0.4 is 11.1 Å². The lowest BCUT2D eigenvalue weighted by molar-refractivity contribution is 0.614. The van der Waals surface area contributed by atoms with Crippen LogP contribution >= 0.6 is 24.0 Å². The standard InChI is InChI=1S/C9H17N3.HI/c1-11-9(10)12-5-7-4-8(7)6-2-3-6;/h6-8H,2-5H2,1H3,(H3,10,11,12);1H. The van der Waals surface area contributed by atoms with Crippen molar-refractivity contribution in [3.05, 3.63) is 0 Å². The van der Waals surface area contributed by atoms with Gasteiger partial charge in [0.25, 0.3) is 0 Å². The van der Waals surface area contributed by atoms with Crippen molar-refractivity contribution in [2.45, 2.75) is 19.3 Å². The number of aliphatic imine (C=N–C) groups is 1. The third-order valence-electron chi connectivity index (χ3n) is 2.99. The van der Waals surface area contributed by atoms with Gasteiger partial charge in [-0.1, -0.05) is 0 Å². The van der Waals surface area contributed by atoms with Gasteiger partial charge in [-0.2, -0.15) is 0 Å². The minimum absolute atomic E-state index is 0. The summed E-state index contributed by atoms with van der Waals surface area (Å²) in [4.78, 5) is 3.86. The van der Waals surface area contributed by atoms with Gasteiger partial charge in [-0.05, 0) is 37.0 Å². The Labute approximate surface area is 96.6 Å². The molecule has 0 aromatic rings. The second-order valence-electron chi connectivity index (χ2n) is 3.99. The van der Waals surface area contributed by atoms with E-state index in [2.05, 4.69) is 10.3 Å². The highest BCUT2D eigenvalue weighted by atomic mass is 127. The molecule has 0 amide bonds. The summed E-state index contributed by atoms with van der Waals surface area (Å²) in [6, 6.07) is 0. The van der Waals surface area contributed by atoms with Crippen LogP contribution in [0.4, 0.5) is 0 Å². The summed E-state index contributed by atoms with van der Waals surface area (Å²) < 4.78 is 0. The zero-order valence-corrected chi connectivity index (χ0v) is 10.3. The van der Waals surface area contributed by atoms with Crippen LogP contribution in [0, 0.1) is 17.8 Å². The highest BCUT2D eigenvalue weighted by Crippen LogP contribution is 2.53. The summed E-state index contributed by atoms with van der Waals surface area (Å²) in [5, 5.41) is 3.13. The van der Waals surface area contributed by atoms with Gasteiger partial charge in [0, 0.05) is 13.6 Å². The van der Waals surface area contributed by atoms with Crippen molar-refractivity contribution in [3.63, 3.8) is 0 Å². The first-order valence-electron chi connectivity index (χ1n) is 4.77. The van der Waals surface area contributed by atoms with E-state index in [0.717, 1.165) is 24.3 Å². The Morgan fingerprint density at radius 3 is 2.77 bits per heavy atom. The van der Waals surface area contributed by atoms with Crippen LogP contribution in [0.1, 0.15) is 19.3 Å². The Bertz CT molecular complexity index is 201. The second-order valence-corrected chi connectivity index (χ2v) is 3.99. The van der Waals surface area contributed by atoms with Gasteiger partial charge in [0.1, 0.15) is 0 Å². The highest BCUT2D eigenvalue weighted by molar-refractivity contribution is 14.0. The van der Waals surface area contributed by atoms with Crippen molar-refractivity contribution in [2.75, 3.05) is 13.6 Å². The fourth-order valence-electron chi connectivity index (χ4n) is 1.92. The lowest BCUT2D eigenvalue weighted by Crippen LogP contribution is -2.33. The summed E-state index contributed by atoms with van der Waals surface area (Å²) in [5.41, 5.74) is 5.53. The molecule has 0 aliphatic heterocycles. The zero-order chi connectivity index (χ0) is 8.55. The SMILES string of the molecule is CN=C(N)NCC1CC1C1CC1.I. The monoisotopic (exact) mass is 295 g/mol. The molecule has 2 saturated carbocycles. The summed E-state index contributed by atoms with van der Waals surface area (Å²) in [7, 11) is 1.72. The summed E-state index contributed by atoms with van der Waals surface area (Å²) in [6.45, 7) is 1.03. The average molecular weight is 295 g/mol. The molecule has 0 radical (unpaired) electrons. The number of hydrogen-bond acceptors (Lipinski definition) is 1. The largest absolute Gasteiger partial charge is 0.370 e. The quantitative estimate of drug-likeness (QED) is 0.467. The smallest absolute Gasteiger partial charge is 0.188 e. The van der Waals surface area contributed by atoms with E-state index in [1.54, 1.807) is 7.05 Å². The molecule has 0 aromatic carbocycles. The third kappa shape index (κ3) is 3.00. The first-order valence-corrected chi connectivity index (χ1v) is 4.77. The Morgan fingerprint density at radius 2 is 2.23 bits per heavy atom. The molecular formula is C9H18IN3. The van der Waals surface area contributed by atoms with Crippen molar-refractivity contribution in [1.29, 1.82) is 0 Å². The van der Waals surface area contributed by atoms with Crippen molar-refractivity contribution < 1.29 is 0 Å². The van der Waals surface area contributed by atoms with Crippen molar-refractivity contribution in [3.8, 4) is 0 Å². The van der Waals surface area contributed by atoms with Crippen molar-refractivity contribution in [2.24, 2.45) is 28.5 Å². The van der Waals surface area contributed by atoms with Crippen LogP contribution in [0.15, 0.2) is 4.99 Å². The van der Waals surface area contributed by atoms with E-state index in [1.165, 1.54) is 19.3 Å². The molecule has 0 spiro atoms. The molecule has 2 fully saturated rings. The van der Waals surface area contributed by atoms with Gasteiger partial charge in [-0.15, -0.1) is 24.0 Å². The number of nitrogens with zero attached hydrogens (tertiary/aromatic N) is 1. The Hall–Kier alpha value is 0. The first kappa shape index (κ1) is 11.1. The fourth-order valence-corrected chi connectivity index (χ4v) is 1.92. The lowest BCUT2D eigenvalue weighted by Gasteiger charge is -2.02. The van der Waals surface area contributed by atoms with E-state index < -0.39 is 0 Å². The van der Waals surface area contributed by atoms with Gasteiger partial charge in [0.15, 0.2) is 5.96 Å². The maximum Gasteiger partial charge on any atom is 0.188 e. The number of halogens is 1. The molecule has 3 N–H and O–H groups in total. The van der Waals surface area contributed by atoms with E-state index in [1.807, 2.05) is 0 Å². The van der Waals surface area contributed by atoms with Crippen molar-refractivity contribution >= 4 is 29.9 Å². The second kappa shape index (κ2) is 4.48. The lowest BCUT2D eigenvalue weighted by atomic mass is 10.2. The molecule has 2 unspecified atom stereocenters. The Balaban J connectivity index is 0.000000845. The summed E-state index contributed by atoms with van der Waals surface area (Å²) >= 11 is 0. The molecular weight excluding hydrogens is 277 g/mol. The molecule has 2 rings (SSSR count). The van der Waals surface area contributed by atoms with Crippen LogP contribution in [0.5, 0.6) is 0 Å². The molecule has 2 aliphatic rings. The maximum atomic E-state index is 5.53. The van der Waals surface area contributed by atoms with Crippen LogP contribution in [0.2, 0.25) is 0 Å². The molecule has 13 heavy (non-hydrogen) atoms. The average Bonchev–Trinajstić information content (AvgIpc) is 2.89. The molecule has 0 bridgehead atoms. The van der Waals surface area contributed by atoms with Gasteiger partial charge in [-0.25, -0.2) is 0 Å². The van der Waals surface area contributed by atoms with E-state index in [4.69, 9.17) is 5.73 Å². The molecule has 4 heteroatoms. The predicted molar refractivity (Wildman–Crippen MR) is 65.3 cm³/mol. The number of nitrogens with one attached hydrogen (secondary N) is 1. The third-order valence-corrected chi connectivity index (χ3v) is 2.99. The number of hydrogen-bond donors (Lipinski definition) is 2. The normalized spacial score (nSPS) is 32.2. The van der Waals surface area contributed by atoms with Crippen LogP contribution in [0.3, 0.4) is 0 Å². The van der Waals surface area contributed by atoms with Crippen LogP contribution in [0.25, 0.3) is 0 Å². The molecule has 0 saturated heterocycles. The van der Waals surface area contributed by atoms with E-state index >= 15 is 0 Å². The fraction of sp³-hybridized carbons (Fsp3) is 0.889. The van der Waals surface area contributed by atoms with E-state index in [9.17, 15) is 0 Å². The van der Waals surface area contributed by atoms with Gasteiger partial charge in [0.05, 0.1) is 0 Å². The molecule has 2 atom stereocenters. The van der Waals surface area contributed by atoms with Gasteiger partial charge >= 0.3 is 0 Å². The minimum Gasteiger partial charge on any atom is -0.370 e. The van der Waals surface area contributed by atoms with E-state index in [0.29, 0.717) is 5.96 Å². The summed E-state index contributed by atoms with van der Waals surface area (Å²) in [6.07, 6.45) is 4.35. The number of guanidine groups is 1. The molecule has 2 aliphatic carbocycles. The zero-order valence-electron chi connectivity index (χ0n) is 7.99. The minimum atomic E-state index is 0. The number of rotatable bonds is 3.